The number of phenolic OH excluding ortho intramolecular Hbond substituents is 1. The zero-order valence-electron chi connectivity index (χ0n) is 14.7. The van der Waals surface area contributed by atoms with Crippen LogP contribution in [-0.4, -0.2) is 21.7 Å². The van der Waals surface area contributed by atoms with Gasteiger partial charge in [-0.3, -0.25) is 0 Å². The van der Waals surface area contributed by atoms with Gasteiger partial charge in [-0.25, -0.2) is 4.98 Å². The lowest BCUT2D eigenvalue weighted by atomic mass is 10.1. The van der Waals surface area contributed by atoms with Gasteiger partial charge in [0.1, 0.15) is 11.9 Å². The van der Waals surface area contributed by atoms with Crippen LogP contribution < -0.4 is 4.74 Å². The molecule has 0 aliphatic carbocycles. The summed E-state index contributed by atoms with van der Waals surface area (Å²) in [6, 6.07) is 9.76. The molecule has 1 aromatic heterocycles. The summed E-state index contributed by atoms with van der Waals surface area (Å²) in [6.45, 7) is 6.39. The first-order valence-corrected chi connectivity index (χ1v) is 9.25. The van der Waals surface area contributed by atoms with Gasteiger partial charge in [0.25, 0.3) is 0 Å². The Morgan fingerprint density at radius 3 is 2.73 bits per heavy atom. The molecular formula is C20H18IN3O2. The number of fused-ring (bicyclic) bond motifs is 1. The molecule has 0 aliphatic heterocycles. The third-order valence-electron chi connectivity index (χ3n) is 4.13. The molecule has 0 saturated heterocycles. The molecule has 26 heavy (non-hydrogen) atoms. The van der Waals surface area contributed by atoms with Crippen LogP contribution in [-0.2, 0) is 0 Å². The van der Waals surface area contributed by atoms with Crippen LogP contribution in [0.3, 0.4) is 0 Å². The first-order chi connectivity index (χ1) is 12.4. The molecule has 2 aromatic carbocycles. The minimum Gasteiger partial charge on any atom is -0.504 e. The minimum atomic E-state index is 0.109. The number of ether oxygens (including phenoxy) is 1. The molecule has 3 aromatic rings. The van der Waals surface area contributed by atoms with E-state index in [1.165, 1.54) is 5.56 Å². The maximum atomic E-state index is 10.1. The normalized spacial score (nSPS) is 11.6. The molecule has 0 saturated carbocycles. The number of nitriles is 1. The summed E-state index contributed by atoms with van der Waals surface area (Å²) in [6.07, 6.45) is 1.74. The number of halogens is 1. The molecule has 0 bridgehead atoms. The van der Waals surface area contributed by atoms with E-state index in [0.717, 1.165) is 22.2 Å². The fourth-order valence-electron chi connectivity index (χ4n) is 2.66. The molecule has 2 N–H and O–H groups in total. The number of aromatic nitrogens is 2. The van der Waals surface area contributed by atoms with Gasteiger partial charge in [-0.2, -0.15) is 5.26 Å². The largest absolute Gasteiger partial charge is 0.504 e. The van der Waals surface area contributed by atoms with Crippen LogP contribution in [0.4, 0.5) is 0 Å². The van der Waals surface area contributed by atoms with Crippen LogP contribution in [0.25, 0.3) is 22.7 Å². The number of aromatic amines is 1. The molecule has 0 atom stereocenters. The van der Waals surface area contributed by atoms with E-state index in [1.807, 2.05) is 55.5 Å². The summed E-state index contributed by atoms with van der Waals surface area (Å²) in [5.41, 5.74) is 5.25. The van der Waals surface area contributed by atoms with Crippen molar-refractivity contribution in [3.8, 4) is 17.6 Å². The number of aryl methyl sites for hydroxylation is 2. The van der Waals surface area contributed by atoms with E-state index < -0.39 is 0 Å². The number of allylic oxidation sites excluding steroid dienone is 1. The molecule has 0 aliphatic rings. The first kappa shape index (κ1) is 18.3. The minimum absolute atomic E-state index is 0.109. The van der Waals surface area contributed by atoms with Crippen molar-refractivity contribution in [2.24, 2.45) is 0 Å². The Bertz CT molecular complexity index is 1020. The lowest BCUT2D eigenvalue weighted by Crippen LogP contribution is -1.94. The predicted molar refractivity (Wildman–Crippen MR) is 111 cm³/mol. The smallest absolute Gasteiger partial charge is 0.171 e. The summed E-state index contributed by atoms with van der Waals surface area (Å²) in [4.78, 5) is 7.77. The van der Waals surface area contributed by atoms with E-state index in [1.54, 1.807) is 18.2 Å². The molecule has 5 nitrogen and oxygen atoms in total. The monoisotopic (exact) mass is 459 g/mol. The molecule has 3 rings (SSSR count). The van der Waals surface area contributed by atoms with Crippen molar-refractivity contribution in [1.29, 1.82) is 5.26 Å². The zero-order chi connectivity index (χ0) is 18.8. The number of rotatable bonds is 4. The van der Waals surface area contributed by atoms with Gasteiger partial charge in [-0.1, -0.05) is 0 Å². The lowest BCUT2D eigenvalue weighted by molar-refractivity contribution is 0.317. The Morgan fingerprint density at radius 2 is 2.04 bits per heavy atom. The molecule has 0 unspecified atom stereocenters. The Hall–Kier alpha value is -2.53. The highest BCUT2D eigenvalue weighted by molar-refractivity contribution is 14.1. The highest BCUT2D eigenvalue weighted by Crippen LogP contribution is 2.34. The number of hydrogen-bond donors (Lipinski definition) is 2. The number of nitrogens with zero attached hydrogens (tertiary/aromatic N) is 2. The van der Waals surface area contributed by atoms with Crippen LogP contribution in [0.5, 0.6) is 11.5 Å². The van der Waals surface area contributed by atoms with Gasteiger partial charge in [0.2, 0.25) is 0 Å². The van der Waals surface area contributed by atoms with Gasteiger partial charge < -0.3 is 14.8 Å². The Labute approximate surface area is 165 Å². The van der Waals surface area contributed by atoms with E-state index in [4.69, 9.17) is 4.74 Å². The van der Waals surface area contributed by atoms with E-state index >= 15 is 0 Å². The van der Waals surface area contributed by atoms with Crippen molar-refractivity contribution in [2.45, 2.75) is 20.8 Å². The van der Waals surface area contributed by atoms with Crippen molar-refractivity contribution in [3.05, 3.63) is 50.4 Å². The average Bonchev–Trinajstić information content (AvgIpc) is 3.00. The maximum absolute atomic E-state index is 10.1. The second-order valence-corrected chi connectivity index (χ2v) is 7.15. The number of aromatic hydroxyl groups is 1. The fraction of sp³-hybridized carbons (Fsp3) is 0.200. The number of benzene rings is 2. The molecule has 0 amide bonds. The van der Waals surface area contributed by atoms with E-state index in [-0.39, 0.29) is 5.75 Å². The molecule has 6 heteroatoms. The van der Waals surface area contributed by atoms with Crippen LogP contribution in [0.1, 0.15) is 29.4 Å². The number of nitrogens with one attached hydrogen (secondary N) is 1. The number of phenols is 1. The summed E-state index contributed by atoms with van der Waals surface area (Å²) in [5, 5.41) is 19.7. The van der Waals surface area contributed by atoms with Gasteiger partial charge >= 0.3 is 0 Å². The molecule has 0 fully saturated rings. The third kappa shape index (κ3) is 3.53. The number of hydrogen-bond acceptors (Lipinski definition) is 4. The second kappa shape index (κ2) is 7.38. The van der Waals surface area contributed by atoms with Crippen molar-refractivity contribution < 1.29 is 9.84 Å². The van der Waals surface area contributed by atoms with Gasteiger partial charge in [-0.05, 0) is 90.4 Å². The molecule has 132 valence electrons. The topological polar surface area (TPSA) is 81.9 Å². The standard InChI is InChI=1S/C20H18IN3O2/c1-4-26-18-9-13(8-15(21)19(18)25)7-14(10-22)20-23-16-5-11(2)12(3)6-17(16)24-20/h5-9,25H,4H2,1-3H3,(H,23,24)/b14-7+. The molecule has 0 spiro atoms. The SMILES string of the molecule is CCOc1cc(/C=C(\C#N)c2nc3cc(C)c(C)cc3[nH]2)cc(I)c1O. The van der Waals surface area contributed by atoms with Crippen LogP contribution in [0.15, 0.2) is 24.3 Å². The van der Waals surface area contributed by atoms with E-state index in [2.05, 4.69) is 16.0 Å². The predicted octanol–water partition coefficient (Wildman–Crippen LogP) is 4.95. The van der Waals surface area contributed by atoms with Crippen LogP contribution >= 0.6 is 22.6 Å². The summed E-state index contributed by atoms with van der Waals surface area (Å²) in [5.74, 6) is 1.03. The highest BCUT2D eigenvalue weighted by atomic mass is 127. The van der Waals surface area contributed by atoms with Gasteiger partial charge in [0.05, 0.1) is 26.8 Å². The molecule has 1 heterocycles. The quantitative estimate of drug-likeness (QED) is 0.427. The zero-order valence-corrected chi connectivity index (χ0v) is 16.9. The molecular weight excluding hydrogens is 441 g/mol. The lowest BCUT2D eigenvalue weighted by Gasteiger charge is -2.08. The fourth-order valence-corrected chi connectivity index (χ4v) is 3.29. The summed E-state index contributed by atoms with van der Waals surface area (Å²) < 4.78 is 6.12. The van der Waals surface area contributed by atoms with Crippen molar-refractivity contribution in [3.63, 3.8) is 0 Å². The van der Waals surface area contributed by atoms with Crippen molar-refractivity contribution >= 4 is 45.3 Å². The van der Waals surface area contributed by atoms with Gasteiger partial charge in [0, 0.05) is 0 Å². The first-order valence-electron chi connectivity index (χ1n) is 8.17. The van der Waals surface area contributed by atoms with Crippen molar-refractivity contribution in [1.82, 2.24) is 9.97 Å². The van der Waals surface area contributed by atoms with E-state index in [9.17, 15) is 10.4 Å². The highest BCUT2D eigenvalue weighted by Gasteiger charge is 2.12. The molecule has 0 radical (unpaired) electrons. The second-order valence-electron chi connectivity index (χ2n) is 5.99. The van der Waals surface area contributed by atoms with Gasteiger partial charge in [0.15, 0.2) is 11.5 Å². The van der Waals surface area contributed by atoms with Crippen LogP contribution in [0.2, 0.25) is 0 Å². The Balaban J connectivity index is 2.08. The Morgan fingerprint density at radius 1 is 1.31 bits per heavy atom. The van der Waals surface area contributed by atoms with E-state index in [0.29, 0.717) is 27.3 Å². The van der Waals surface area contributed by atoms with Crippen LogP contribution in [0, 0.1) is 28.7 Å². The van der Waals surface area contributed by atoms with Crippen molar-refractivity contribution in [2.75, 3.05) is 6.61 Å². The maximum Gasteiger partial charge on any atom is 0.171 e. The Kier molecular flexibility index (Phi) is 5.18. The summed E-state index contributed by atoms with van der Waals surface area (Å²) >= 11 is 2.04. The summed E-state index contributed by atoms with van der Waals surface area (Å²) in [7, 11) is 0. The third-order valence-corrected chi connectivity index (χ3v) is 4.96. The average molecular weight is 459 g/mol. The van der Waals surface area contributed by atoms with Gasteiger partial charge in [-0.15, -0.1) is 0 Å². The number of H-pyrrole nitrogens is 1. The number of imidazole rings is 1.